The quantitative estimate of drug-likeness (QED) is 0.398. The molecule has 0 aliphatic carbocycles. The van der Waals surface area contributed by atoms with Gasteiger partial charge in [0.05, 0.1) is 6.54 Å². The molecular formula is C5H9NO2. The van der Waals surface area contributed by atoms with Crippen molar-refractivity contribution in [1.82, 2.24) is 4.90 Å². The van der Waals surface area contributed by atoms with Crippen LogP contribution in [-0.2, 0) is 9.53 Å². The molecule has 0 bridgehead atoms. The predicted molar refractivity (Wildman–Crippen MR) is 28.5 cm³/mol. The standard InChI is InChI=1S/C5H9NO2/c1-6-2-3-8-5(7)4-6/h2-4H2,1H3. The summed E-state index contributed by atoms with van der Waals surface area (Å²) >= 11 is 0. The maximum atomic E-state index is 10.4. The summed E-state index contributed by atoms with van der Waals surface area (Å²) in [4.78, 5) is 12.3. The maximum Gasteiger partial charge on any atom is 0.320 e. The van der Waals surface area contributed by atoms with E-state index in [9.17, 15) is 4.79 Å². The zero-order valence-electron chi connectivity index (χ0n) is 4.89. The van der Waals surface area contributed by atoms with Crippen molar-refractivity contribution in [3.8, 4) is 0 Å². The van der Waals surface area contributed by atoms with E-state index in [1.165, 1.54) is 0 Å². The number of nitrogens with zero attached hydrogens (tertiary/aromatic N) is 1. The fraction of sp³-hybridized carbons (Fsp3) is 0.800. The zero-order chi connectivity index (χ0) is 5.98. The van der Waals surface area contributed by atoms with Crippen LogP contribution in [0.4, 0.5) is 0 Å². The third-order valence-electron chi connectivity index (χ3n) is 1.14. The molecule has 0 saturated carbocycles. The number of rotatable bonds is 0. The average Bonchev–Trinajstić information content (AvgIpc) is 1.64. The minimum atomic E-state index is -0.112. The molecule has 0 amide bonds. The molecule has 1 rings (SSSR count). The van der Waals surface area contributed by atoms with Crippen molar-refractivity contribution in [2.45, 2.75) is 0 Å². The molecule has 0 aromatic heterocycles. The van der Waals surface area contributed by atoms with E-state index in [2.05, 4.69) is 4.74 Å². The SMILES string of the molecule is CN1CCOC(=O)C1. The van der Waals surface area contributed by atoms with Gasteiger partial charge in [-0.2, -0.15) is 0 Å². The summed E-state index contributed by atoms with van der Waals surface area (Å²) in [6, 6.07) is 0. The first-order valence-corrected chi connectivity index (χ1v) is 2.63. The molecule has 1 aliphatic rings. The Labute approximate surface area is 48.2 Å². The molecule has 3 heteroatoms. The van der Waals surface area contributed by atoms with Gasteiger partial charge >= 0.3 is 5.97 Å². The predicted octanol–water partition coefficient (Wildman–Crippen LogP) is -0.525. The lowest BCUT2D eigenvalue weighted by Crippen LogP contribution is -2.36. The van der Waals surface area contributed by atoms with Crippen molar-refractivity contribution in [2.24, 2.45) is 0 Å². The van der Waals surface area contributed by atoms with E-state index < -0.39 is 0 Å². The highest BCUT2D eigenvalue weighted by Crippen LogP contribution is 1.92. The van der Waals surface area contributed by atoms with Crippen LogP contribution in [0.25, 0.3) is 0 Å². The van der Waals surface area contributed by atoms with Crippen LogP contribution in [0.15, 0.2) is 0 Å². The smallest absolute Gasteiger partial charge is 0.320 e. The van der Waals surface area contributed by atoms with Crippen LogP contribution >= 0.6 is 0 Å². The Morgan fingerprint density at radius 1 is 1.75 bits per heavy atom. The summed E-state index contributed by atoms with van der Waals surface area (Å²) in [5.74, 6) is -0.112. The number of hydrogen-bond donors (Lipinski definition) is 0. The van der Waals surface area contributed by atoms with Gasteiger partial charge < -0.3 is 4.74 Å². The Balaban J connectivity index is 2.34. The van der Waals surface area contributed by atoms with Crippen LogP contribution in [0.3, 0.4) is 0 Å². The molecule has 1 aliphatic heterocycles. The molecule has 0 atom stereocenters. The van der Waals surface area contributed by atoms with E-state index in [4.69, 9.17) is 0 Å². The number of ether oxygens (including phenoxy) is 1. The highest BCUT2D eigenvalue weighted by Gasteiger charge is 2.12. The average molecular weight is 115 g/mol. The lowest BCUT2D eigenvalue weighted by molar-refractivity contribution is -0.149. The Kier molecular flexibility index (Phi) is 1.48. The molecule has 1 saturated heterocycles. The fourth-order valence-corrected chi connectivity index (χ4v) is 0.660. The van der Waals surface area contributed by atoms with E-state index in [0.29, 0.717) is 13.2 Å². The van der Waals surface area contributed by atoms with Crippen LogP contribution in [-0.4, -0.2) is 37.6 Å². The second-order valence-corrected chi connectivity index (χ2v) is 1.96. The Bertz CT molecular complexity index is 103. The third-order valence-corrected chi connectivity index (χ3v) is 1.14. The highest BCUT2D eigenvalue weighted by atomic mass is 16.5. The third kappa shape index (κ3) is 1.20. The lowest BCUT2D eigenvalue weighted by Gasteiger charge is -2.20. The molecule has 0 unspecified atom stereocenters. The van der Waals surface area contributed by atoms with E-state index in [-0.39, 0.29) is 5.97 Å². The molecule has 0 spiro atoms. The monoisotopic (exact) mass is 115 g/mol. The van der Waals surface area contributed by atoms with Crippen molar-refractivity contribution >= 4 is 5.97 Å². The van der Waals surface area contributed by atoms with Gasteiger partial charge in [0.15, 0.2) is 0 Å². The second kappa shape index (κ2) is 2.13. The van der Waals surface area contributed by atoms with Gasteiger partial charge in [0.1, 0.15) is 6.61 Å². The molecule has 1 fully saturated rings. The molecule has 1 heterocycles. The van der Waals surface area contributed by atoms with Gasteiger partial charge in [-0.15, -0.1) is 0 Å². The zero-order valence-corrected chi connectivity index (χ0v) is 4.89. The number of likely N-dealkylation sites (N-methyl/N-ethyl adjacent to an activating group) is 1. The summed E-state index contributed by atoms with van der Waals surface area (Å²) < 4.78 is 4.67. The minimum Gasteiger partial charge on any atom is -0.463 e. The summed E-state index contributed by atoms with van der Waals surface area (Å²) in [5.41, 5.74) is 0. The molecule has 0 aromatic rings. The number of hydrogen-bond acceptors (Lipinski definition) is 3. The van der Waals surface area contributed by atoms with Crippen molar-refractivity contribution in [1.29, 1.82) is 0 Å². The van der Waals surface area contributed by atoms with Crippen LogP contribution in [0.5, 0.6) is 0 Å². The van der Waals surface area contributed by atoms with Gasteiger partial charge in [0.25, 0.3) is 0 Å². The van der Waals surface area contributed by atoms with Gasteiger partial charge in [-0.05, 0) is 7.05 Å². The molecular weight excluding hydrogens is 106 g/mol. The van der Waals surface area contributed by atoms with E-state index in [0.717, 1.165) is 6.54 Å². The molecule has 46 valence electrons. The number of carbonyl (C=O) groups excluding carboxylic acids is 1. The molecule has 8 heavy (non-hydrogen) atoms. The van der Waals surface area contributed by atoms with Crippen molar-refractivity contribution in [3.63, 3.8) is 0 Å². The Morgan fingerprint density at radius 2 is 2.50 bits per heavy atom. The Morgan fingerprint density at radius 3 is 2.88 bits per heavy atom. The summed E-state index contributed by atoms with van der Waals surface area (Å²) in [7, 11) is 1.90. The normalized spacial score (nSPS) is 22.9. The topological polar surface area (TPSA) is 29.5 Å². The van der Waals surface area contributed by atoms with Crippen LogP contribution in [0, 0.1) is 0 Å². The number of esters is 1. The number of carbonyl (C=O) groups is 1. The fourth-order valence-electron chi connectivity index (χ4n) is 0.660. The van der Waals surface area contributed by atoms with E-state index in [1.54, 1.807) is 0 Å². The van der Waals surface area contributed by atoms with Gasteiger partial charge in [-0.25, -0.2) is 0 Å². The second-order valence-electron chi connectivity index (χ2n) is 1.96. The summed E-state index contributed by atoms with van der Waals surface area (Å²) in [6.07, 6.45) is 0. The first kappa shape index (κ1) is 5.56. The van der Waals surface area contributed by atoms with E-state index >= 15 is 0 Å². The number of cyclic esters (lactones) is 1. The summed E-state index contributed by atoms with van der Waals surface area (Å²) in [5, 5.41) is 0. The highest BCUT2D eigenvalue weighted by molar-refractivity contribution is 5.72. The van der Waals surface area contributed by atoms with Crippen molar-refractivity contribution < 1.29 is 9.53 Å². The van der Waals surface area contributed by atoms with E-state index in [1.807, 2.05) is 11.9 Å². The Hall–Kier alpha value is -0.570. The summed E-state index contributed by atoms with van der Waals surface area (Å²) in [6.45, 7) is 1.86. The van der Waals surface area contributed by atoms with Crippen LogP contribution in [0.1, 0.15) is 0 Å². The van der Waals surface area contributed by atoms with Gasteiger partial charge in [0, 0.05) is 6.54 Å². The van der Waals surface area contributed by atoms with Crippen molar-refractivity contribution in [3.05, 3.63) is 0 Å². The number of morpholine rings is 1. The lowest BCUT2D eigenvalue weighted by atomic mass is 10.5. The first-order valence-electron chi connectivity index (χ1n) is 2.63. The molecule has 0 aromatic carbocycles. The molecule has 0 N–H and O–H groups in total. The van der Waals surface area contributed by atoms with Gasteiger partial charge in [-0.1, -0.05) is 0 Å². The van der Waals surface area contributed by atoms with Crippen LogP contribution in [0.2, 0.25) is 0 Å². The molecule has 3 nitrogen and oxygen atoms in total. The van der Waals surface area contributed by atoms with Crippen LogP contribution < -0.4 is 0 Å². The largest absolute Gasteiger partial charge is 0.463 e. The maximum absolute atomic E-state index is 10.4. The van der Waals surface area contributed by atoms with Gasteiger partial charge in [0.2, 0.25) is 0 Å². The molecule has 0 radical (unpaired) electrons. The first-order chi connectivity index (χ1) is 3.79. The van der Waals surface area contributed by atoms with Crippen molar-refractivity contribution in [2.75, 3.05) is 26.7 Å². The minimum absolute atomic E-state index is 0.112. The van der Waals surface area contributed by atoms with Gasteiger partial charge in [-0.3, -0.25) is 9.69 Å².